The molecule has 2 saturated heterocycles. The zero-order chi connectivity index (χ0) is 56.7. The van der Waals surface area contributed by atoms with Crippen molar-refractivity contribution in [2.75, 3.05) is 19.8 Å². The maximum Gasteiger partial charge on any atom is 0.220 e. The highest BCUT2D eigenvalue weighted by atomic mass is 16.7. The third kappa shape index (κ3) is 34.6. The minimum absolute atomic E-state index is 0.252. The van der Waals surface area contributed by atoms with E-state index in [1.165, 1.54) is 199 Å². The Morgan fingerprint density at radius 3 is 1.26 bits per heavy atom. The van der Waals surface area contributed by atoms with Gasteiger partial charge in [-0.15, -0.1) is 0 Å². The monoisotopic (exact) mass is 1110 g/mol. The van der Waals surface area contributed by atoms with E-state index in [-0.39, 0.29) is 18.9 Å². The summed E-state index contributed by atoms with van der Waals surface area (Å²) in [6.07, 6.45) is 44.8. The molecule has 0 aromatic heterocycles. The molecule has 0 aliphatic carbocycles. The van der Waals surface area contributed by atoms with E-state index in [4.69, 9.17) is 18.9 Å². The maximum atomic E-state index is 13.3. The van der Waals surface area contributed by atoms with Crippen molar-refractivity contribution < 1.29 is 64.6 Å². The Morgan fingerprint density at radius 2 is 0.821 bits per heavy atom. The van der Waals surface area contributed by atoms with E-state index in [0.29, 0.717) is 12.8 Å². The van der Waals surface area contributed by atoms with Crippen LogP contribution < -0.4 is 5.32 Å². The molecule has 2 aliphatic rings. The first kappa shape index (κ1) is 72.3. The van der Waals surface area contributed by atoms with Gasteiger partial charge in [0.2, 0.25) is 5.91 Å². The van der Waals surface area contributed by atoms with Crippen LogP contribution in [-0.4, -0.2) is 140 Å². The number of hydrogen-bond acceptors (Lipinski definition) is 13. The zero-order valence-corrected chi connectivity index (χ0v) is 49.4. The van der Waals surface area contributed by atoms with Crippen molar-refractivity contribution in [2.45, 2.75) is 344 Å². The lowest BCUT2D eigenvalue weighted by atomic mass is 9.97. The number of allylic oxidation sites excluding steroid dienone is 5. The summed E-state index contributed by atoms with van der Waals surface area (Å²) in [7, 11) is 0. The largest absolute Gasteiger partial charge is 0.394 e. The van der Waals surface area contributed by atoms with Crippen molar-refractivity contribution in [3.63, 3.8) is 0 Å². The van der Waals surface area contributed by atoms with Crippen molar-refractivity contribution >= 4 is 5.91 Å². The van der Waals surface area contributed by atoms with Crippen LogP contribution in [0.3, 0.4) is 0 Å². The number of rotatable bonds is 52. The number of carbonyl (C=O) groups excluding carboxylic acids is 1. The van der Waals surface area contributed by atoms with Gasteiger partial charge in [-0.05, 0) is 57.8 Å². The van der Waals surface area contributed by atoms with Gasteiger partial charge in [-0.1, -0.05) is 243 Å². The predicted octanol–water partition coefficient (Wildman–Crippen LogP) is 11.8. The van der Waals surface area contributed by atoms with E-state index < -0.39 is 86.8 Å². The molecule has 12 atom stereocenters. The third-order valence-corrected chi connectivity index (χ3v) is 15.8. The van der Waals surface area contributed by atoms with Crippen molar-refractivity contribution in [2.24, 2.45) is 0 Å². The maximum absolute atomic E-state index is 13.3. The van der Waals surface area contributed by atoms with Crippen LogP contribution in [0.5, 0.6) is 0 Å². The number of amides is 1. The van der Waals surface area contributed by atoms with Gasteiger partial charge in [-0.25, -0.2) is 0 Å². The molecule has 0 radical (unpaired) electrons. The van der Waals surface area contributed by atoms with Gasteiger partial charge in [0.05, 0.1) is 32.0 Å². The molecule has 458 valence electrons. The summed E-state index contributed by atoms with van der Waals surface area (Å²) >= 11 is 0. The smallest absolute Gasteiger partial charge is 0.220 e. The molecule has 2 fully saturated rings. The Balaban J connectivity index is 1.73. The molecular weight excluding hydrogens is 991 g/mol. The molecule has 14 nitrogen and oxygen atoms in total. The molecule has 1 amide bonds. The highest BCUT2D eigenvalue weighted by Crippen LogP contribution is 2.30. The Hall–Kier alpha value is -1.79. The number of carbonyl (C=O) groups is 1. The van der Waals surface area contributed by atoms with Crippen molar-refractivity contribution in [1.82, 2.24) is 5.32 Å². The number of ether oxygens (including phenoxy) is 4. The average Bonchev–Trinajstić information content (AvgIpc) is 3.48. The molecule has 12 unspecified atom stereocenters. The van der Waals surface area contributed by atoms with E-state index in [1.54, 1.807) is 6.08 Å². The fourth-order valence-electron chi connectivity index (χ4n) is 10.6. The lowest BCUT2D eigenvalue weighted by molar-refractivity contribution is -0.359. The molecule has 9 N–H and O–H groups in total. The second-order valence-corrected chi connectivity index (χ2v) is 22.9. The average molecular weight is 1110 g/mol. The van der Waals surface area contributed by atoms with Crippen LogP contribution in [0.25, 0.3) is 0 Å². The molecule has 0 aromatic carbocycles. The molecule has 2 rings (SSSR count). The van der Waals surface area contributed by atoms with Gasteiger partial charge >= 0.3 is 0 Å². The van der Waals surface area contributed by atoms with Gasteiger partial charge in [0.25, 0.3) is 0 Å². The number of nitrogens with one attached hydrogen (secondary N) is 1. The summed E-state index contributed by atoms with van der Waals surface area (Å²) in [6, 6.07) is -0.934. The Kier molecular flexibility index (Phi) is 46.2. The van der Waals surface area contributed by atoms with Gasteiger partial charge < -0.3 is 65.1 Å². The number of aliphatic hydroxyl groups is 8. The molecule has 78 heavy (non-hydrogen) atoms. The summed E-state index contributed by atoms with van der Waals surface area (Å²) in [5, 5.41) is 87.2. The van der Waals surface area contributed by atoms with Crippen LogP contribution >= 0.6 is 0 Å². The van der Waals surface area contributed by atoms with Gasteiger partial charge in [0.1, 0.15) is 48.8 Å². The molecular formula is C64H119NO13. The minimum atomic E-state index is -1.79. The Bertz CT molecular complexity index is 1450. The second-order valence-electron chi connectivity index (χ2n) is 22.9. The highest BCUT2D eigenvalue weighted by Gasteiger charge is 2.51. The number of hydrogen-bond donors (Lipinski definition) is 9. The summed E-state index contributed by atoms with van der Waals surface area (Å²) in [5.41, 5.74) is 0. The van der Waals surface area contributed by atoms with E-state index in [1.807, 2.05) is 6.08 Å². The summed E-state index contributed by atoms with van der Waals surface area (Å²) in [5.74, 6) is -0.252. The van der Waals surface area contributed by atoms with E-state index >= 15 is 0 Å². The predicted molar refractivity (Wildman–Crippen MR) is 314 cm³/mol. The van der Waals surface area contributed by atoms with Crippen LogP contribution in [-0.2, 0) is 23.7 Å². The molecule has 0 bridgehead atoms. The van der Waals surface area contributed by atoms with Crippen molar-refractivity contribution in [3.8, 4) is 0 Å². The first-order chi connectivity index (χ1) is 38.1. The summed E-state index contributed by atoms with van der Waals surface area (Å²) < 4.78 is 22.8. The van der Waals surface area contributed by atoms with E-state index in [9.17, 15) is 45.6 Å². The van der Waals surface area contributed by atoms with Gasteiger partial charge in [0, 0.05) is 6.42 Å². The van der Waals surface area contributed by atoms with E-state index in [2.05, 4.69) is 43.5 Å². The van der Waals surface area contributed by atoms with Crippen LogP contribution in [0.4, 0.5) is 0 Å². The van der Waals surface area contributed by atoms with Crippen molar-refractivity contribution in [3.05, 3.63) is 36.5 Å². The molecule has 0 spiro atoms. The molecule has 0 aromatic rings. The number of unbranched alkanes of at least 4 members (excludes halogenated alkanes) is 35. The molecule has 2 aliphatic heterocycles. The van der Waals surface area contributed by atoms with Crippen LogP contribution in [0.1, 0.15) is 271 Å². The zero-order valence-electron chi connectivity index (χ0n) is 49.4. The molecule has 14 heteroatoms. The van der Waals surface area contributed by atoms with Crippen molar-refractivity contribution in [1.29, 1.82) is 0 Å². The van der Waals surface area contributed by atoms with Gasteiger partial charge in [-0.2, -0.15) is 0 Å². The lowest BCUT2D eigenvalue weighted by Gasteiger charge is -2.46. The van der Waals surface area contributed by atoms with Gasteiger partial charge in [0.15, 0.2) is 12.6 Å². The molecule has 2 heterocycles. The van der Waals surface area contributed by atoms with E-state index in [0.717, 1.165) is 38.5 Å². The van der Waals surface area contributed by atoms with Crippen LogP contribution in [0, 0.1) is 0 Å². The Morgan fingerprint density at radius 1 is 0.449 bits per heavy atom. The topological polar surface area (TPSA) is 228 Å². The first-order valence-corrected chi connectivity index (χ1v) is 32.2. The van der Waals surface area contributed by atoms with Crippen LogP contribution in [0.2, 0.25) is 0 Å². The van der Waals surface area contributed by atoms with Gasteiger partial charge in [-0.3, -0.25) is 4.79 Å². The minimum Gasteiger partial charge on any atom is -0.394 e. The molecule has 0 saturated carbocycles. The standard InChI is InChI=1S/C64H119NO13/c1-3-5-7-9-11-13-15-17-19-21-22-23-24-25-26-27-28-29-30-32-33-35-37-39-41-43-45-47-53(68)52(65-56(69)48-46-44-42-40-38-36-34-31-20-18-16-14-12-10-8-6-4-2)51-75-63-61(74)59(72)62(55(50-67)77-63)78-64-60(73)58(71)57(70)54(49-66)76-64/h18,20,37,39,45,47,52-55,57-64,66-68,70-74H,3-17,19,21-36,38,40-44,46,48-51H2,1-2H3,(H,65,69)/b20-18-,39-37+,47-45+. The number of aliphatic hydroxyl groups excluding tert-OH is 8. The normalized spacial score (nSPS) is 24.7. The fourth-order valence-corrected chi connectivity index (χ4v) is 10.6. The SMILES string of the molecule is CCCCCCCC/C=C\CCCCCCCCCC(=O)NC(COC1OC(CO)C(OC2OC(CO)C(O)C(O)C2O)C(O)C1O)C(O)/C=C/CC/C=C/CCCCCCCCCCCCCCCCCCCCCCC. The third-order valence-electron chi connectivity index (χ3n) is 15.8. The lowest BCUT2D eigenvalue weighted by Crippen LogP contribution is -2.65. The highest BCUT2D eigenvalue weighted by molar-refractivity contribution is 5.76. The quantitative estimate of drug-likeness (QED) is 0.0204. The van der Waals surface area contributed by atoms with Crippen LogP contribution in [0.15, 0.2) is 36.5 Å². The summed E-state index contributed by atoms with van der Waals surface area (Å²) in [6.45, 7) is 2.80. The second kappa shape index (κ2) is 49.8. The first-order valence-electron chi connectivity index (χ1n) is 32.2. The fraction of sp³-hybridized carbons (Fsp3) is 0.891. The summed E-state index contributed by atoms with van der Waals surface area (Å²) in [4.78, 5) is 13.3. The Labute approximate surface area is 474 Å².